The van der Waals surface area contributed by atoms with E-state index in [1.165, 1.54) is 6.07 Å². The van der Waals surface area contributed by atoms with Gasteiger partial charge in [0.15, 0.2) is 0 Å². The highest BCUT2D eigenvalue weighted by Gasteiger charge is 2.17. The molecule has 1 rings (SSSR count). The van der Waals surface area contributed by atoms with Gasteiger partial charge in [0.25, 0.3) is 0 Å². The molecule has 0 saturated carbocycles. The Morgan fingerprint density at radius 1 is 1.53 bits per heavy atom. The van der Waals surface area contributed by atoms with Gasteiger partial charge in [0, 0.05) is 6.54 Å². The van der Waals surface area contributed by atoms with Crippen LogP contribution in [0.1, 0.15) is 12.5 Å². The summed E-state index contributed by atoms with van der Waals surface area (Å²) in [6, 6.07) is 4.95. The molecule has 1 aromatic rings. The Morgan fingerprint density at radius 2 is 2.20 bits per heavy atom. The SMILES string of the molecule is CCNS(=O)(=O)c1ccc(C#N)cc1F. The smallest absolute Gasteiger partial charge is 0.211 e. The van der Waals surface area contributed by atoms with Gasteiger partial charge in [0.05, 0.1) is 11.6 Å². The summed E-state index contributed by atoms with van der Waals surface area (Å²) in [4.78, 5) is -0.441. The number of sulfonamides is 1. The molecule has 0 bridgehead atoms. The van der Waals surface area contributed by atoms with Crippen LogP contribution in [0.25, 0.3) is 0 Å². The molecule has 0 saturated heterocycles. The van der Waals surface area contributed by atoms with Crippen LogP contribution < -0.4 is 4.72 Å². The minimum atomic E-state index is -3.80. The molecule has 0 atom stereocenters. The Balaban J connectivity index is 3.24. The fourth-order valence-corrected chi connectivity index (χ4v) is 2.15. The van der Waals surface area contributed by atoms with Gasteiger partial charge < -0.3 is 0 Å². The van der Waals surface area contributed by atoms with E-state index in [0.29, 0.717) is 0 Å². The van der Waals surface area contributed by atoms with E-state index in [-0.39, 0.29) is 12.1 Å². The van der Waals surface area contributed by atoms with Crippen molar-refractivity contribution >= 4 is 10.0 Å². The Hall–Kier alpha value is -1.45. The number of nitrogens with zero attached hydrogens (tertiary/aromatic N) is 1. The first-order valence-corrected chi connectivity index (χ1v) is 5.69. The van der Waals surface area contributed by atoms with E-state index in [1.807, 2.05) is 0 Å². The molecule has 80 valence electrons. The van der Waals surface area contributed by atoms with E-state index in [9.17, 15) is 12.8 Å². The fraction of sp³-hybridized carbons (Fsp3) is 0.222. The number of benzene rings is 1. The maximum Gasteiger partial charge on any atom is 0.243 e. The highest BCUT2D eigenvalue weighted by Crippen LogP contribution is 2.15. The first kappa shape index (κ1) is 11.6. The van der Waals surface area contributed by atoms with E-state index in [1.54, 1.807) is 13.0 Å². The van der Waals surface area contributed by atoms with Crippen molar-refractivity contribution in [2.45, 2.75) is 11.8 Å². The van der Waals surface area contributed by atoms with Gasteiger partial charge in [-0.25, -0.2) is 17.5 Å². The molecule has 0 aliphatic rings. The van der Waals surface area contributed by atoms with E-state index in [4.69, 9.17) is 5.26 Å². The lowest BCUT2D eigenvalue weighted by Crippen LogP contribution is -2.24. The zero-order valence-corrected chi connectivity index (χ0v) is 8.81. The summed E-state index contributed by atoms with van der Waals surface area (Å²) in [5.74, 6) is -0.921. The second kappa shape index (κ2) is 4.38. The first-order valence-electron chi connectivity index (χ1n) is 4.20. The molecule has 0 fully saturated rings. The quantitative estimate of drug-likeness (QED) is 0.838. The highest BCUT2D eigenvalue weighted by atomic mass is 32.2. The van der Waals surface area contributed by atoms with Gasteiger partial charge in [-0.3, -0.25) is 0 Å². The van der Waals surface area contributed by atoms with Crippen LogP contribution in [0.2, 0.25) is 0 Å². The Morgan fingerprint density at radius 3 is 2.67 bits per heavy atom. The summed E-state index contributed by atoms with van der Waals surface area (Å²) in [5, 5.41) is 8.48. The summed E-state index contributed by atoms with van der Waals surface area (Å²) in [6.07, 6.45) is 0. The van der Waals surface area contributed by atoms with E-state index in [0.717, 1.165) is 12.1 Å². The summed E-state index contributed by atoms with van der Waals surface area (Å²) >= 11 is 0. The minimum Gasteiger partial charge on any atom is -0.211 e. The normalized spacial score (nSPS) is 11.0. The number of hydrogen-bond donors (Lipinski definition) is 1. The summed E-state index contributed by atoms with van der Waals surface area (Å²) < 4.78 is 38.3. The molecule has 0 unspecified atom stereocenters. The molecule has 0 amide bonds. The number of halogens is 1. The van der Waals surface area contributed by atoms with Crippen LogP contribution in [-0.2, 0) is 10.0 Å². The largest absolute Gasteiger partial charge is 0.243 e. The van der Waals surface area contributed by atoms with Crippen molar-refractivity contribution in [1.29, 1.82) is 5.26 Å². The molecular formula is C9H9FN2O2S. The predicted octanol–water partition coefficient (Wildman–Crippen LogP) is 0.996. The van der Waals surface area contributed by atoms with Crippen LogP contribution in [0.5, 0.6) is 0 Å². The third-order valence-electron chi connectivity index (χ3n) is 1.68. The highest BCUT2D eigenvalue weighted by molar-refractivity contribution is 7.89. The van der Waals surface area contributed by atoms with Crippen LogP contribution >= 0.6 is 0 Å². The average molecular weight is 228 g/mol. The summed E-state index contributed by atoms with van der Waals surface area (Å²) in [6.45, 7) is 1.78. The molecule has 0 aromatic heterocycles. The summed E-state index contributed by atoms with van der Waals surface area (Å²) in [5.41, 5.74) is 0.0861. The number of hydrogen-bond acceptors (Lipinski definition) is 3. The van der Waals surface area contributed by atoms with Crippen LogP contribution in [-0.4, -0.2) is 15.0 Å². The van der Waals surface area contributed by atoms with Gasteiger partial charge in [-0.1, -0.05) is 6.92 Å². The minimum absolute atomic E-state index is 0.0861. The van der Waals surface area contributed by atoms with Crippen molar-refractivity contribution in [3.63, 3.8) is 0 Å². The van der Waals surface area contributed by atoms with Crippen molar-refractivity contribution < 1.29 is 12.8 Å². The molecule has 1 N–H and O–H groups in total. The Kier molecular flexibility index (Phi) is 3.39. The van der Waals surface area contributed by atoms with Crippen molar-refractivity contribution in [2.24, 2.45) is 0 Å². The maximum absolute atomic E-state index is 13.3. The molecule has 0 spiro atoms. The first-order chi connectivity index (χ1) is 7.01. The number of nitrogens with one attached hydrogen (secondary N) is 1. The third-order valence-corrected chi connectivity index (χ3v) is 3.26. The van der Waals surface area contributed by atoms with Gasteiger partial charge in [-0.15, -0.1) is 0 Å². The molecule has 4 nitrogen and oxygen atoms in total. The van der Waals surface area contributed by atoms with E-state index in [2.05, 4.69) is 4.72 Å². The van der Waals surface area contributed by atoms with Crippen molar-refractivity contribution in [2.75, 3.05) is 6.54 Å². The Bertz CT molecular complexity index is 505. The van der Waals surface area contributed by atoms with Crippen LogP contribution in [0.4, 0.5) is 4.39 Å². The molecule has 6 heteroatoms. The van der Waals surface area contributed by atoms with Gasteiger partial charge in [-0.2, -0.15) is 5.26 Å². The predicted molar refractivity (Wildman–Crippen MR) is 52.0 cm³/mol. The van der Waals surface area contributed by atoms with Gasteiger partial charge in [0.1, 0.15) is 10.7 Å². The zero-order valence-electron chi connectivity index (χ0n) is 7.99. The van der Waals surface area contributed by atoms with Crippen molar-refractivity contribution in [3.8, 4) is 6.07 Å². The van der Waals surface area contributed by atoms with E-state index >= 15 is 0 Å². The molecule has 0 aliphatic carbocycles. The van der Waals surface area contributed by atoms with Gasteiger partial charge >= 0.3 is 0 Å². The molecule has 0 heterocycles. The van der Waals surface area contributed by atoms with Crippen LogP contribution in [0.3, 0.4) is 0 Å². The van der Waals surface area contributed by atoms with Crippen molar-refractivity contribution in [1.82, 2.24) is 4.72 Å². The second-order valence-corrected chi connectivity index (χ2v) is 4.49. The molecule has 15 heavy (non-hydrogen) atoms. The zero-order chi connectivity index (χ0) is 11.5. The van der Waals surface area contributed by atoms with Crippen LogP contribution in [0.15, 0.2) is 23.1 Å². The Labute approximate surface area is 87.4 Å². The monoisotopic (exact) mass is 228 g/mol. The lowest BCUT2D eigenvalue weighted by Gasteiger charge is -2.05. The van der Waals surface area contributed by atoms with Gasteiger partial charge in [-0.05, 0) is 18.2 Å². The fourth-order valence-electron chi connectivity index (χ4n) is 1.06. The average Bonchev–Trinajstić information content (AvgIpc) is 2.17. The number of rotatable bonds is 3. The summed E-state index contributed by atoms with van der Waals surface area (Å²) in [7, 11) is -3.80. The molecule has 0 aliphatic heterocycles. The van der Waals surface area contributed by atoms with Gasteiger partial charge in [0.2, 0.25) is 10.0 Å². The lowest BCUT2D eigenvalue weighted by atomic mass is 10.2. The number of nitriles is 1. The van der Waals surface area contributed by atoms with E-state index < -0.39 is 20.7 Å². The topological polar surface area (TPSA) is 70.0 Å². The molecule has 1 aromatic carbocycles. The van der Waals surface area contributed by atoms with Crippen LogP contribution in [0, 0.1) is 17.1 Å². The lowest BCUT2D eigenvalue weighted by molar-refractivity contribution is 0.558. The third kappa shape index (κ3) is 2.52. The molecule has 0 radical (unpaired) electrons. The van der Waals surface area contributed by atoms with Crippen molar-refractivity contribution in [3.05, 3.63) is 29.6 Å². The molecular weight excluding hydrogens is 219 g/mol. The maximum atomic E-state index is 13.3. The standard InChI is InChI=1S/C9H9FN2O2S/c1-2-12-15(13,14)9-4-3-7(6-11)5-8(9)10/h3-5,12H,2H2,1H3. The second-order valence-electron chi connectivity index (χ2n) is 2.76.